The van der Waals surface area contributed by atoms with Crippen molar-refractivity contribution in [2.75, 3.05) is 32.8 Å². The summed E-state index contributed by atoms with van der Waals surface area (Å²) in [5, 5.41) is 8.12. The molecule has 2 atom stereocenters. The monoisotopic (exact) mass is 387 g/mol. The summed E-state index contributed by atoms with van der Waals surface area (Å²) >= 11 is 1.86. The van der Waals surface area contributed by atoms with E-state index in [1.165, 1.54) is 4.90 Å². The van der Waals surface area contributed by atoms with E-state index in [2.05, 4.69) is 53.4 Å². The lowest BCUT2D eigenvalue weighted by Crippen LogP contribution is -2.48. The lowest BCUT2D eigenvalue weighted by Gasteiger charge is -2.35. The zero-order valence-corrected chi connectivity index (χ0v) is 17.2. The molecule has 0 saturated carbocycles. The van der Waals surface area contributed by atoms with Crippen LogP contribution in [0.5, 0.6) is 0 Å². The topological polar surface area (TPSA) is 54.7 Å². The van der Waals surface area contributed by atoms with Gasteiger partial charge in [-0.15, -0.1) is 11.8 Å². The molecule has 1 N–H and O–H groups in total. The summed E-state index contributed by atoms with van der Waals surface area (Å²) < 4.78 is 7.78. The standard InChI is InChI=1S/C20H29N5OS/c1-4-21-20(22-12-16(2)27-18-8-6-5-7-9-18)25-10-11-26-19(15-25)17-13-23-24(3)14-17/h5-9,13-14,16,19H,4,10-12,15H2,1-3H3,(H,21,22). The number of benzene rings is 1. The van der Waals surface area contributed by atoms with Gasteiger partial charge in [-0.05, 0) is 19.1 Å². The van der Waals surface area contributed by atoms with Gasteiger partial charge in [-0.1, -0.05) is 25.1 Å². The van der Waals surface area contributed by atoms with Gasteiger partial charge in [0.25, 0.3) is 0 Å². The summed E-state index contributed by atoms with van der Waals surface area (Å²) in [5.41, 5.74) is 1.12. The minimum Gasteiger partial charge on any atom is -0.370 e. The van der Waals surface area contributed by atoms with Crippen molar-refractivity contribution in [2.45, 2.75) is 30.1 Å². The molecule has 0 aliphatic carbocycles. The lowest BCUT2D eigenvalue weighted by molar-refractivity contribution is -0.00803. The molecule has 146 valence electrons. The van der Waals surface area contributed by atoms with E-state index in [0.29, 0.717) is 11.9 Å². The molecule has 0 radical (unpaired) electrons. The number of aliphatic imine (C=N–C) groups is 1. The number of guanidine groups is 1. The van der Waals surface area contributed by atoms with Crippen LogP contribution in [-0.2, 0) is 11.8 Å². The first-order chi connectivity index (χ1) is 13.2. The number of aryl methyl sites for hydroxylation is 1. The first kappa shape index (κ1) is 19.8. The summed E-state index contributed by atoms with van der Waals surface area (Å²) in [6, 6.07) is 10.5. The van der Waals surface area contributed by atoms with E-state index in [1.807, 2.05) is 42.0 Å². The van der Waals surface area contributed by atoms with Gasteiger partial charge in [0, 0.05) is 42.0 Å². The van der Waals surface area contributed by atoms with Gasteiger partial charge in [0.2, 0.25) is 0 Å². The highest BCUT2D eigenvalue weighted by Gasteiger charge is 2.25. The number of aromatic nitrogens is 2. The Morgan fingerprint density at radius 3 is 2.93 bits per heavy atom. The highest BCUT2D eigenvalue weighted by molar-refractivity contribution is 8.00. The molecule has 2 heterocycles. The summed E-state index contributed by atoms with van der Waals surface area (Å²) in [5.74, 6) is 0.968. The molecule has 1 aromatic heterocycles. The van der Waals surface area contributed by atoms with Gasteiger partial charge < -0.3 is 15.0 Å². The fourth-order valence-corrected chi connectivity index (χ4v) is 3.99. The first-order valence-electron chi connectivity index (χ1n) is 9.50. The third kappa shape index (κ3) is 5.74. The Labute approximate surface area is 166 Å². The molecule has 1 aliphatic heterocycles. The van der Waals surface area contributed by atoms with Crippen molar-refractivity contribution < 1.29 is 4.74 Å². The summed E-state index contributed by atoms with van der Waals surface area (Å²) in [4.78, 5) is 8.48. The Morgan fingerprint density at radius 2 is 2.22 bits per heavy atom. The number of thioether (sulfide) groups is 1. The van der Waals surface area contributed by atoms with Gasteiger partial charge in [-0.25, -0.2) is 0 Å². The second-order valence-corrected chi connectivity index (χ2v) is 8.20. The average molecular weight is 388 g/mol. The van der Waals surface area contributed by atoms with Crippen LogP contribution >= 0.6 is 11.8 Å². The molecule has 2 aromatic rings. The van der Waals surface area contributed by atoms with Crippen LogP contribution in [0.25, 0.3) is 0 Å². The molecule has 0 spiro atoms. The van der Waals surface area contributed by atoms with Crippen molar-refractivity contribution in [3.05, 3.63) is 48.3 Å². The molecule has 1 aromatic carbocycles. The van der Waals surface area contributed by atoms with E-state index < -0.39 is 0 Å². The van der Waals surface area contributed by atoms with Gasteiger partial charge in [0.1, 0.15) is 6.10 Å². The molecule has 2 unspecified atom stereocenters. The van der Waals surface area contributed by atoms with Crippen LogP contribution < -0.4 is 5.32 Å². The lowest BCUT2D eigenvalue weighted by atomic mass is 10.1. The largest absolute Gasteiger partial charge is 0.370 e. The Hall–Kier alpha value is -1.99. The molecule has 1 saturated heterocycles. The molecule has 1 fully saturated rings. The first-order valence-corrected chi connectivity index (χ1v) is 10.4. The van der Waals surface area contributed by atoms with Crippen molar-refractivity contribution in [1.82, 2.24) is 20.0 Å². The normalized spacial score (nSPS) is 19.1. The smallest absolute Gasteiger partial charge is 0.194 e. The molecule has 7 heteroatoms. The fourth-order valence-electron chi connectivity index (χ4n) is 3.06. The van der Waals surface area contributed by atoms with E-state index in [0.717, 1.165) is 37.7 Å². The van der Waals surface area contributed by atoms with Crippen LogP contribution in [0, 0.1) is 0 Å². The van der Waals surface area contributed by atoms with Gasteiger partial charge in [0.05, 0.1) is 25.9 Å². The van der Waals surface area contributed by atoms with Gasteiger partial charge in [-0.2, -0.15) is 5.10 Å². The minimum atomic E-state index is 0.0347. The molecule has 3 rings (SSSR count). The van der Waals surface area contributed by atoms with Crippen LogP contribution in [0.1, 0.15) is 25.5 Å². The molecule has 0 amide bonds. The van der Waals surface area contributed by atoms with Crippen molar-refractivity contribution >= 4 is 17.7 Å². The predicted octanol–water partition coefficient (Wildman–Crippen LogP) is 2.94. The van der Waals surface area contributed by atoms with E-state index in [-0.39, 0.29) is 6.10 Å². The van der Waals surface area contributed by atoms with Crippen molar-refractivity contribution in [3.8, 4) is 0 Å². The predicted molar refractivity (Wildman–Crippen MR) is 111 cm³/mol. The van der Waals surface area contributed by atoms with Gasteiger partial charge >= 0.3 is 0 Å². The number of nitrogens with one attached hydrogen (secondary N) is 1. The van der Waals surface area contributed by atoms with Crippen LogP contribution in [0.3, 0.4) is 0 Å². The third-order valence-corrected chi connectivity index (χ3v) is 5.47. The number of rotatable bonds is 6. The summed E-state index contributed by atoms with van der Waals surface area (Å²) in [6.45, 7) is 8.29. The molecule has 1 aliphatic rings. The molecule has 6 nitrogen and oxygen atoms in total. The van der Waals surface area contributed by atoms with E-state index >= 15 is 0 Å². The Kier molecular flexibility index (Phi) is 7.18. The van der Waals surface area contributed by atoms with E-state index in [4.69, 9.17) is 9.73 Å². The average Bonchev–Trinajstić information content (AvgIpc) is 3.12. The van der Waals surface area contributed by atoms with Gasteiger partial charge in [0.15, 0.2) is 5.96 Å². The van der Waals surface area contributed by atoms with Crippen molar-refractivity contribution in [3.63, 3.8) is 0 Å². The van der Waals surface area contributed by atoms with Crippen LogP contribution in [0.15, 0.2) is 52.6 Å². The number of nitrogens with zero attached hydrogens (tertiary/aromatic N) is 4. The van der Waals surface area contributed by atoms with Crippen LogP contribution in [0.2, 0.25) is 0 Å². The zero-order valence-electron chi connectivity index (χ0n) is 16.3. The Balaban J connectivity index is 1.62. The van der Waals surface area contributed by atoms with Crippen molar-refractivity contribution in [2.24, 2.45) is 12.0 Å². The molecular formula is C20H29N5OS. The second-order valence-electron chi connectivity index (χ2n) is 6.69. The summed E-state index contributed by atoms with van der Waals surface area (Å²) in [6.07, 6.45) is 3.94. The van der Waals surface area contributed by atoms with Crippen molar-refractivity contribution in [1.29, 1.82) is 0 Å². The van der Waals surface area contributed by atoms with Crippen LogP contribution in [-0.4, -0.2) is 58.7 Å². The second kappa shape index (κ2) is 9.80. The molecular weight excluding hydrogens is 358 g/mol. The third-order valence-electron chi connectivity index (χ3n) is 4.38. The highest BCUT2D eigenvalue weighted by atomic mass is 32.2. The summed E-state index contributed by atoms with van der Waals surface area (Å²) in [7, 11) is 1.93. The van der Waals surface area contributed by atoms with E-state index in [9.17, 15) is 0 Å². The minimum absolute atomic E-state index is 0.0347. The number of hydrogen-bond donors (Lipinski definition) is 1. The number of morpholine rings is 1. The SMILES string of the molecule is CCNC(=NCC(C)Sc1ccccc1)N1CCOC(c2cnn(C)c2)C1. The zero-order chi connectivity index (χ0) is 19.1. The maximum Gasteiger partial charge on any atom is 0.194 e. The number of hydrogen-bond acceptors (Lipinski definition) is 4. The number of ether oxygens (including phenoxy) is 1. The molecule has 0 bridgehead atoms. The Bertz CT molecular complexity index is 733. The molecule has 27 heavy (non-hydrogen) atoms. The highest BCUT2D eigenvalue weighted by Crippen LogP contribution is 2.24. The van der Waals surface area contributed by atoms with Crippen LogP contribution in [0.4, 0.5) is 0 Å². The fraction of sp³-hybridized carbons (Fsp3) is 0.500. The maximum atomic E-state index is 5.96. The van der Waals surface area contributed by atoms with Gasteiger partial charge in [-0.3, -0.25) is 9.67 Å². The van der Waals surface area contributed by atoms with E-state index in [1.54, 1.807) is 0 Å². The quantitative estimate of drug-likeness (QED) is 0.469. The maximum absolute atomic E-state index is 5.96. The Morgan fingerprint density at radius 1 is 1.41 bits per heavy atom.